The lowest BCUT2D eigenvalue weighted by molar-refractivity contribution is 0.0940. The molecule has 0 bridgehead atoms. The van der Waals surface area contributed by atoms with Gasteiger partial charge in [0.1, 0.15) is 0 Å². The Balaban J connectivity index is 0.000000201. The monoisotopic (exact) mass is 746 g/mol. The molecule has 3 aliphatic rings. The molecule has 3 aromatic carbocycles. The Kier molecular flexibility index (Phi) is 16.0. The molecule has 14 heteroatoms. The number of nitrogens with zero attached hydrogens (tertiary/aromatic N) is 6. The summed E-state index contributed by atoms with van der Waals surface area (Å²) in [5.74, 6) is 0.510. The van der Waals surface area contributed by atoms with Crippen LogP contribution in [0.1, 0.15) is 47.8 Å². The van der Waals surface area contributed by atoms with Crippen LogP contribution in [0.4, 0.5) is 0 Å². The Bertz CT molecular complexity index is 1640. The van der Waals surface area contributed by atoms with Crippen molar-refractivity contribution in [1.82, 2.24) is 29.4 Å². The summed E-state index contributed by atoms with van der Waals surface area (Å²) in [6.07, 6.45) is 11.8. The summed E-state index contributed by atoms with van der Waals surface area (Å²) in [6.45, 7) is 9.71. The third-order valence-corrected chi connectivity index (χ3v) is 7.87. The van der Waals surface area contributed by atoms with Crippen LogP contribution in [0.2, 0.25) is 0 Å². The number of aryl methyl sites for hydroxylation is 3. The highest BCUT2D eigenvalue weighted by Crippen LogP contribution is 2.25. The quantitative estimate of drug-likeness (QED) is 0.207. The van der Waals surface area contributed by atoms with Gasteiger partial charge in [-0.2, -0.15) is 0 Å². The molecule has 0 aliphatic carbocycles. The van der Waals surface area contributed by atoms with Crippen LogP contribution in [0, 0.1) is 20.8 Å². The van der Waals surface area contributed by atoms with Gasteiger partial charge in [-0.25, -0.2) is 4.57 Å². The molecule has 0 spiro atoms. The zero-order valence-corrected chi connectivity index (χ0v) is 32.1. The van der Waals surface area contributed by atoms with Gasteiger partial charge in [0.2, 0.25) is 0 Å². The topological polar surface area (TPSA) is 148 Å². The van der Waals surface area contributed by atoms with E-state index in [9.17, 15) is 14.4 Å². The highest BCUT2D eigenvalue weighted by Gasteiger charge is 2.16. The highest BCUT2D eigenvalue weighted by molar-refractivity contribution is 7.45. The molecule has 3 aromatic rings. The van der Waals surface area contributed by atoms with E-state index in [4.69, 9.17) is 19.2 Å². The molecule has 0 atom stereocenters. The molecular formula is C39H51N6O7P. The fraction of sp³-hybridized carbons (Fsp3) is 0.308. The van der Waals surface area contributed by atoms with Crippen molar-refractivity contribution in [2.24, 2.45) is 0 Å². The lowest BCUT2D eigenvalue weighted by atomic mass is 10.1. The number of ketones is 3. The van der Waals surface area contributed by atoms with Gasteiger partial charge < -0.3 is 44.1 Å². The molecule has 284 valence electrons. The van der Waals surface area contributed by atoms with E-state index in [1.54, 1.807) is 0 Å². The van der Waals surface area contributed by atoms with Crippen molar-refractivity contribution in [2.75, 3.05) is 60.8 Å². The van der Waals surface area contributed by atoms with Crippen LogP contribution in [0.15, 0.2) is 110 Å². The third-order valence-electron chi connectivity index (χ3n) is 7.87. The Morgan fingerprint density at radius 1 is 0.509 bits per heavy atom. The molecule has 0 saturated heterocycles. The summed E-state index contributed by atoms with van der Waals surface area (Å²) in [4.78, 5) is 69.6. The average molecular weight is 747 g/mol. The van der Waals surface area contributed by atoms with Gasteiger partial charge in [0.15, 0.2) is 17.3 Å². The maximum Gasteiger partial charge on any atom is 0.466 e. The molecule has 0 amide bonds. The minimum absolute atomic E-state index is 0.170. The second-order valence-electron chi connectivity index (χ2n) is 13.2. The first-order valence-electron chi connectivity index (χ1n) is 16.9. The van der Waals surface area contributed by atoms with Gasteiger partial charge in [0.05, 0.1) is 39.6 Å². The summed E-state index contributed by atoms with van der Waals surface area (Å²) < 4.78 is 8.88. The molecule has 0 unspecified atom stereocenters. The molecule has 0 fully saturated rings. The predicted octanol–water partition coefficient (Wildman–Crippen LogP) is 4.63. The highest BCUT2D eigenvalue weighted by atomic mass is 31.2. The van der Waals surface area contributed by atoms with Gasteiger partial charge in [-0.15, -0.1) is 0 Å². The smallest absolute Gasteiger partial charge is 0.362 e. The minimum Gasteiger partial charge on any atom is -0.362 e. The number of benzene rings is 3. The van der Waals surface area contributed by atoms with Crippen LogP contribution in [0.3, 0.4) is 0 Å². The number of hydrogen-bond donors (Lipinski definition) is 3. The molecule has 53 heavy (non-hydrogen) atoms. The molecule has 0 radical (unpaired) electrons. The molecule has 3 N–H and O–H groups in total. The maximum absolute atomic E-state index is 12.0. The van der Waals surface area contributed by atoms with E-state index >= 15 is 0 Å². The van der Waals surface area contributed by atoms with Crippen molar-refractivity contribution in [3.05, 3.63) is 143 Å². The Labute approximate surface area is 312 Å². The fourth-order valence-electron chi connectivity index (χ4n) is 5.36. The van der Waals surface area contributed by atoms with Gasteiger partial charge >= 0.3 is 7.82 Å². The van der Waals surface area contributed by atoms with Gasteiger partial charge in [-0.05, 0) is 39.0 Å². The minimum atomic E-state index is -4.64. The molecular weight excluding hydrogens is 695 g/mol. The summed E-state index contributed by atoms with van der Waals surface area (Å²) in [7, 11) is 1.34. The number of carbonyl (C=O) groups is 3. The van der Waals surface area contributed by atoms with Crippen molar-refractivity contribution in [3.8, 4) is 0 Å². The van der Waals surface area contributed by atoms with Crippen LogP contribution in [0.5, 0.6) is 0 Å². The lowest BCUT2D eigenvalue weighted by Gasteiger charge is -2.17. The third kappa shape index (κ3) is 16.3. The number of rotatable bonds is 9. The van der Waals surface area contributed by atoms with Crippen molar-refractivity contribution in [2.45, 2.75) is 20.8 Å². The van der Waals surface area contributed by atoms with Gasteiger partial charge in [-0.1, -0.05) is 71.3 Å². The Morgan fingerprint density at radius 2 is 0.755 bits per heavy atom. The van der Waals surface area contributed by atoms with Crippen LogP contribution in [-0.2, 0) is 4.57 Å². The van der Waals surface area contributed by atoms with E-state index in [1.165, 1.54) is 0 Å². The molecule has 6 rings (SSSR count). The first kappa shape index (κ1) is 42.2. The first-order valence-corrected chi connectivity index (χ1v) is 18.5. The van der Waals surface area contributed by atoms with Crippen molar-refractivity contribution >= 4 is 25.2 Å². The molecule has 0 aromatic heterocycles. The molecule has 3 aliphatic heterocycles. The standard InChI is InChI=1S/3C13H16N2O.H3O4P/c3*1-11-4-3-5-12(8-11)13(16)9-15-7-6-14(2)10-15;1-5(2,3)4/h3*3-8H,9-10H2,1-2H3;(H3,1,2,3,4). The van der Waals surface area contributed by atoms with Crippen LogP contribution >= 0.6 is 7.82 Å². The normalized spacial score (nSPS) is 14.4. The van der Waals surface area contributed by atoms with Crippen LogP contribution in [0.25, 0.3) is 0 Å². The predicted molar refractivity (Wildman–Crippen MR) is 206 cm³/mol. The lowest BCUT2D eigenvalue weighted by Crippen LogP contribution is -2.28. The number of phosphoric acid groups is 1. The van der Waals surface area contributed by atoms with Gasteiger partial charge in [0.25, 0.3) is 0 Å². The summed E-state index contributed by atoms with van der Waals surface area (Å²) in [5, 5.41) is 0. The van der Waals surface area contributed by atoms with E-state index in [1.807, 2.05) is 181 Å². The Morgan fingerprint density at radius 3 is 0.943 bits per heavy atom. The largest absolute Gasteiger partial charge is 0.466 e. The summed E-state index contributed by atoms with van der Waals surface area (Å²) >= 11 is 0. The van der Waals surface area contributed by atoms with E-state index in [0.717, 1.165) is 53.4 Å². The van der Waals surface area contributed by atoms with Crippen molar-refractivity contribution in [3.63, 3.8) is 0 Å². The zero-order chi connectivity index (χ0) is 39.1. The molecule has 0 saturated carbocycles. The fourth-order valence-corrected chi connectivity index (χ4v) is 5.36. The number of Topliss-reactive ketones (excluding diaryl/α,β-unsaturated/α-hetero) is 3. The van der Waals surface area contributed by atoms with E-state index < -0.39 is 7.82 Å². The average Bonchev–Trinajstić information content (AvgIpc) is 3.81. The maximum atomic E-state index is 12.0. The molecule has 3 heterocycles. The summed E-state index contributed by atoms with van der Waals surface area (Å²) in [5.41, 5.74) is 5.76. The number of carbonyl (C=O) groups excluding carboxylic acids is 3. The Hall–Kier alpha value is -5.20. The van der Waals surface area contributed by atoms with E-state index in [0.29, 0.717) is 19.6 Å². The van der Waals surface area contributed by atoms with Gasteiger partial charge in [0, 0.05) is 75.0 Å². The SMILES string of the molecule is Cc1cccc(C(=O)CN2C=CN(C)C2)c1.Cc1cccc(C(=O)CN2C=CN(C)C2)c1.Cc1cccc(C(=O)CN2C=CN(C)C2)c1.O=P(O)(O)O. The molecule has 13 nitrogen and oxygen atoms in total. The second-order valence-corrected chi connectivity index (χ2v) is 14.2. The van der Waals surface area contributed by atoms with Crippen molar-refractivity contribution < 1.29 is 33.6 Å². The zero-order valence-electron chi connectivity index (χ0n) is 31.2. The van der Waals surface area contributed by atoms with E-state index in [-0.39, 0.29) is 17.3 Å². The first-order chi connectivity index (χ1) is 24.9. The second kappa shape index (κ2) is 20.1. The van der Waals surface area contributed by atoms with Gasteiger partial charge in [-0.3, -0.25) is 14.4 Å². The van der Waals surface area contributed by atoms with E-state index in [2.05, 4.69) is 0 Å². The van der Waals surface area contributed by atoms with Crippen LogP contribution in [-0.4, -0.2) is 122 Å². The van der Waals surface area contributed by atoms with Crippen LogP contribution < -0.4 is 0 Å². The number of hydrogen-bond acceptors (Lipinski definition) is 10. The summed E-state index contributed by atoms with van der Waals surface area (Å²) in [6, 6.07) is 23.2. The van der Waals surface area contributed by atoms with Crippen molar-refractivity contribution in [1.29, 1.82) is 0 Å².